The van der Waals surface area contributed by atoms with Gasteiger partial charge in [0.1, 0.15) is 0 Å². The molecule has 0 N–H and O–H groups in total. The highest BCUT2D eigenvalue weighted by atomic mass is 13.8. The molecule has 1 rings (SSSR count). The highest BCUT2D eigenvalue weighted by molar-refractivity contribution is 5.12. The minimum atomic E-state index is 1.00. The molecule has 1 aliphatic rings. The predicted octanol–water partition coefficient (Wildman–Crippen LogP) is 3.20. The molecular formula is C11H13. The third kappa shape index (κ3) is 4.38. The van der Waals surface area contributed by atoms with Crippen LogP contribution in [0.1, 0.15) is 19.3 Å². The van der Waals surface area contributed by atoms with Crippen molar-refractivity contribution in [3.63, 3.8) is 0 Å². The van der Waals surface area contributed by atoms with Crippen LogP contribution < -0.4 is 0 Å². The molecule has 0 fully saturated rings. The Morgan fingerprint density at radius 2 is 1.73 bits per heavy atom. The topological polar surface area (TPSA) is 0 Å². The zero-order valence-electron chi connectivity index (χ0n) is 6.66. The first-order valence-corrected chi connectivity index (χ1v) is 4.03. The van der Waals surface area contributed by atoms with Gasteiger partial charge in [0.05, 0.1) is 0 Å². The third-order valence-corrected chi connectivity index (χ3v) is 1.46. The van der Waals surface area contributed by atoms with Gasteiger partial charge in [-0.25, -0.2) is 0 Å². The van der Waals surface area contributed by atoms with E-state index in [-0.39, 0.29) is 0 Å². The Morgan fingerprint density at radius 1 is 0.909 bits per heavy atom. The molecule has 1 aliphatic carbocycles. The van der Waals surface area contributed by atoms with Gasteiger partial charge < -0.3 is 0 Å². The Bertz CT molecular complexity index is 192. The summed E-state index contributed by atoms with van der Waals surface area (Å²) in [6.07, 6.45) is 21.0. The minimum Gasteiger partial charge on any atom is -0.0842 e. The average molecular weight is 145 g/mol. The molecule has 0 aromatic rings. The van der Waals surface area contributed by atoms with Crippen LogP contribution in [0.2, 0.25) is 0 Å². The molecule has 0 saturated carbocycles. The summed E-state index contributed by atoms with van der Waals surface area (Å²) >= 11 is 0. The van der Waals surface area contributed by atoms with Crippen LogP contribution in [0.25, 0.3) is 0 Å². The third-order valence-electron chi connectivity index (χ3n) is 1.46. The summed E-state index contributed by atoms with van der Waals surface area (Å²) in [5.74, 6) is 0. The van der Waals surface area contributed by atoms with E-state index in [2.05, 4.69) is 48.6 Å². The van der Waals surface area contributed by atoms with E-state index in [9.17, 15) is 0 Å². The van der Waals surface area contributed by atoms with Gasteiger partial charge in [0.2, 0.25) is 0 Å². The molecule has 0 aromatic heterocycles. The van der Waals surface area contributed by atoms with Crippen molar-refractivity contribution in [2.75, 3.05) is 0 Å². The molecule has 57 valence electrons. The molecule has 0 aromatic carbocycles. The zero-order chi connectivity index (χ0) is 7.78. The summed E-state index contributed by atoms with van der Waals surface area (Å²) in [6, 6.07) is 0. The fourth-order valence-corrected chi connectivity index (χ4v) is 0.880. The van der Waals surface area contributed by atoms with Crippen molar-refractivity contribution in [3.8, 4) is 0 Å². The second kappa shape index (κ2) is 5.72. The Morgan fingerprint density at radius 3 is 2.64 bits per heavy atom. The summed E-state index contributed by atoms with van der Waals surface area (Å²) in [5, 5.41) is 0. The number of hydrogen-bond acceptors (Lipinski definition) is 0. The Kier molecular flexibility index (Phi) is 4.19. The second-order valence-corrected chi connectivity index (χ2v) is 2.42. The molecule has 0 spiro atoms. The second-order valence-electron chi connectivity index (χ2n) is 2.42. The van der Waals surface area contributed by atoms with E-state index in [0.717, 1.165) is 19.3 Å². The van der Waals surface area contributed by atoms with Gasteiger partial charge in [0.15, 0.2) is 0 Å². The fourth-order valence-electron chi connectivity index (χ4n) is 0.880. The fraction of sp³-hybridized carbons (Fsp3) is 0.273. The molecule has 0 bridgehead atoms. The normalized spacial score (nSPS) is 29.8. The molecule has 0 unspecified atom stereocenters. The van der Waals surface area contributed by atoms with E-state index in [1.807, 2.05) is 0 Å². The first-order valence-electron chi connectivity index (χ1n) is 4.03. The van der Waals surface area contributed by atoms with Gasteiger partial charge in [-0.05, 0) is 25.3 Å². The quantitative estimate of drug-likeness (QED) is 0.491. The lowest BCUT2D eigenvalue weighted by atomic mass is 10.2. The van der Waals surface area contributed by atoms with E-state index in [0.29, 0.717) is 0 Å². The average Bonchev–Trinajstić information content (AvgIpc) is 2.08. The minimum absolute atomic E-state index is 1.00. The molecular weight excluding hydrogens is 132 g/mol. The summed E-state index contributed by atoms with van der Waals surface area (Å²) in [7, 11) is 0. The first-order chi connectivity index (χ1) is 5.50. The van der Waals surface area contributed by atoms with E-state index in [4.69, 9.17) is 0 Å². The highest BCUT2D eigenvalue weighted by Gasteiger charge is 1.77. The van der Waals surface area contributed by atoms with Crippen LogP contribution in [-0.4, -0.2) is 0 Å². The van der Waals surface area contributed by atoms with Crippen LogP contribution >= 0.6 is 0 Å². The van der Waals surface area contributed by atoms with Crippen LogP contribution in [0.5, 0.6) is 0 Å². The van der Waals surface area contributed by atoms with Crippen molar-refractivity contribution in [1.29, 1.82) is 0 Å². The Labute approximate surface area is 68.6 Å². The van der Waals surface area contributed by atoms with E-state index < -0.39 is 0 Å². The summed E-state index contributed by atoms with van der Waals surface area (Å²) in [5.41, 5.74) is 0. The van der Waals surface area contributed by atoms with Crippen molar-refractivity contribution in [3.05, 3.63) is 48.6 Å². The van der Waals surface area contributed by atoms with E-state index in [1.54, 1.807) is 0 Å². The molecule has 0 atom stereocenters. The maximum Gasteiger partial charge on any atom is -0.0160 e. The van der Waals surface area contributed by atoms with Crippen molar-refractivity contribution in [2.24, 2.45) is 0 Å². The Hall–Kier alpha value is -1.04. The molecule has 0 saturated heterocycles. The van der Waals surface area contributed by atoms with Crippen molar-refractivity contribution in [1.82, 2.24) is 0 Å². The smallest absolute Gasteiger partial charge is 0.0160 e. The molecule has 1 radical (unpaired) electrons. The lowest BCUT2D eigenvalue weighted by Crippen LogP contribution is -1.64. The van der Waals surface area contributed by atoms with Gasteiger partial charge >= 0.3 is 0 Å². The standard InChI is InChI=1S/C11H13/c1-2-4-6-8-10-11-9-7-5-3-1/h1-6,9H,7-8,10H2/b2-1-,5-3-,6-4-,11-9?. The predicted molar refractivity (Wildman–Crippen MR) is 49.1 cm³/mol. The lowest BCUT2D eigenvalue weighted by molar-refractivity contribution is 1.02. The highest BCUT2D eigenvalue weighted by Crippen LogP contribution is 1.96. The molecule has 0 amide bonds. The molecule has 0 heterocycles. The van der Waals surface area contributed by atoms with Gasteiger partial charge in [-0.15, -0.1) is 0 Å². The van der Waals surface area contributed by atoms with Crippen molar-refractivity contribution < 1.29 is 0 Å². The van der Waals surface area contributed by atoms with Crippen LogP contribution in [0.3, 0.4) is 0 Å². The SMILES string of the molecule is [C]1=C\C\C=C/C=C\C=C/CC/1. The lowest BCUT2D eigenvalue weighted by Gasteiger charge is -1.82. The zero-order valence-corrected chi connectivity index (χ0v) is 6.66. The molecule has 0 nitrogen and oxygen atoms in total. The number of rotatable bonds is 0. The van der Waals surface area contributed by atoms with Crippen LogP contribution in [0.15, 0.2) is 42.5 Å². The number of allylic oxidation sites excluding steroid dienone is 8. The molecule has 0 heteroatoms. The van der Waals surface area contributed by atoms with Crippen molar-refractivity contribution in [2.45, 2.75) is 19.3 Å². The monoisotopic (exact) mass is 145 g/mol. The van der Waals surface area contributed by atoms with Gasteiger partial charge in [-0.3, -0.25) is 0 Å². The first kappa shape index (κ1) is 8.06. The molecule has 0 aliphatic heterocycles. The molecule has 11 heavy (non-hydrogen) atoms. The summed E-state index contributed by atoms with van der Waals surface area (Å²) < 4.78 is 0. The van der Waals surface area contributed by atoms with Gasteiger partial charge in [0.25, 0.3) is 0 Å². The van der Waals surface area contributed by atoms with Crippen molar-refractivity contribution >= 4 is 0 Å². The maximum atomic E-state index is 3.23. The van der Waals surface area contributed by atoms with Crippen LogP contribution in [0.4, 0.5) is 0 Å². The van der Waals surface area contributed by atoms with Crippen LogP contribution in [0, 0.1) is 6.08 Å². The van der Waals surface area contributed by atoms with Gasteiger partial charge in [-0.2, -0.15) is 0 Å². The van der Waals surface area contributed by atoms with Crippen LogP contribution in [-0.2, 0) is 0 Å². The maximum absolute atomic E-state index is 3.23. The Balaban J connectivity index is 2.47. The van der Waals surface area contributed by atoms with E-state index >= 15 is 0 Å². The summed E-state index contributed by atoms with van der Waals surface area (Å²) in [4.78, 5) is 0. The van der Waals surface area contributed by atoms with E-state index in [1.165, 1.54) is 0 Å². The van der Waals surface area contributed by atoms with Gasteiger partial charge in [-0.1, -0.05) is 42.5 Å². The summed E-state index contributed by atoms with van der Waals surface area (Å²) in [6.45, 7) is 0. The number of hydrogen-bond donors (Lipinski definition) is 0. The van der Waals surface area contributed by atoms with Gasteiger partial charge in [0, 0.05) is 0 Å². The largest absolute Gasteiger partial charge is 0.0842 e.